The Hall–Kier alpha value is 0.01000. The summed E-state index contributed by atoms with van der Waals surface area (Å²) in [6.45, 7) is 1.15. The summed E-state index contributed by atoms with van der Waals surface area (Å²) in [5, 5.41) is 0. The Morgan fingerprint density at radius 3 is 2.64 bits per heavy atom. The lowest BCUT2D eigenvalue weighted by atomic mass is 10.2. The molecule has 0 radical (unpaired) electrons. The third kappa shape index (κ3) is 4.49. The fourth-order valence-electron chi connectivity index (χ4n) is 1.04. The van der Waals surface area contributed by atoms with Crippen LogP contribution in [0.5, 0.6) is 0 Å². The van der Waals surface area contributed by atoms with E-state index in [-0.39, 0.29) is 0 Å². The average molecular weight is 274 g/mol. The second-order valence-corrected chi connectivity index (χ2v) is 5.41. The normalized spacial score (nSPS) is 10.9. The topological polar surface area (TPSA) is 3.24 Å². The van der Waals surface area contributed by atoms with Gasteiger partial charge in [-0.25, -0.2) is 0 Å². The lowest BCUT2D eigenvalue weighted by molar-refractivity contribution is 0.437. The number of benzene rings is 1. The number of thioether (sulfide) groups is 1. The first-order valence-corrected chi connectivity index (χ1v) is 6.61. The van der Waals surface area contributed by atoms with E-state index in [2.05, 4.69) is 59.2 Å². The number of hydrogen-bond donors (Lipinski definition) is 0. The molecule has 14 heavy (non-hydrogen) atoms. The van der Waals surface area contributed by atoms with Crippen molar-refractivity contribution >= 4 is 27.7 Å². The van der Waals surface area contributed by atoms with Crippen molar-refractivity contribution in [2.24, 2.45) is 0 Å². The van der Waals surface area contributed by atoms with E-state index in [0.29, 0.717) is 0 Å². The largest absolute Gasteiger partial charge is 0.309 e. The van der Waals surface area contributed by atoms with Gasteiger partial charge in [-0.05, 0) is 25.7 Å². The van der Waals surface area contributed by atoms with Crippen molar-refractivity contribution < 1.29 is 0 Å². The molecule has 0 saturated heterocycles. The molecule has 0 bridgehead atoms. The first-order chi connectivity index (χ1) is 6.70. The molecule has 0 unspecified atom stereocenters. The van der Waals surface area contributed by atoms with Crippen LogP contribution in [0.1, 0.15) is 5.56 Å². The standard InChI is InChI=1S/C11H16BrNS/c1-13(2)7-8-14-9-10-5-3-4-6-11(10)12/h3-6H,7-9H2,1-2H3. The van der Waals surface area contributed by atoms with Crippen LogP contribution >= 0.6 is 27.7 Å². The van der Waals surface area contributed by atoms with Crippen molar-refractivity contribution in [1.82, 2.24) is 4.90 Å². The zero-order valence-electron chi connectivity index (χ0n) is 8.66. The van der Waals surface area contributed by atoms with Gasteiger partial charge in [-0.2, -0.15) is 11.8 Å². The van der Waals surface area contributed by atoms with Gasteiger partial charge in [0.1, 0.15) is 0 Å². The maximum atomic E-state index is 3.55. The molecule has 0 N–H and O–H groups in total. The minimum atomic E-state index is 1.09. The van der Waals surface area contributed by atoms with Crippen molar-refractivity contribution in [2.45, 2.75) is 5.75 Å². The van der Waals surface area contributed by atoms with Gasteiger partial charge < -0.3 is 4.90 Å². The molecule has 78 valence electrons. The molecular formula is C11H16BrNS. The number of nitrogens with zero attached hydrogens (tertiary/aromatic N) is 1. The van der Waals surface area contributed by atoms with Crippen LogP contribution in [0.15, 0.2) is 28.7 Å². The van der Waals surface area contributed by atoms with Gasteiger partial charge in [-0.3, -0.25) is 0 Å². The molecule has 3 heteroatoms. The van der Waals surface area contributed by atoms with Crippen molar-refractivity contribution in [2.75, 3.05) is 26.4 Å². The molecule has 0 atom stereocenters. The Labute approximate surface area is 99.0 Å². The van der Waals surface area contributed by atoms with Crippen LogP contribution < -0.4 is 0 Å². The summed E-state index contributed by atoms with van der Waals surface area (Å²) in [4.78, 5) is 2.22. The third-order valence-electron chi connectivity index (χ3n) is 1.90. The highest BCUT2D eigenvalue weighted by Crippen LogP contribution is 2.20. The Kier molecular flexibility index (Phi) is 5.60. The van der Waals surface area contributed by atoms with Crippen LogP contribution in [-0.4, -0.2) is 31.3 Å². The van der Waals surface area contributed by atoms with Gasteiger partial charge in [0.15, 0.2) is 0 Å². The highest BCUT2D eigenvalue weighted by Gasteiger charge is 1.98. The van der Waals surface area contributed by atoms with E-state index in [1.807, 2.05) is 11.8 Å². The van der Waals surface area contributed by atoms with Crippen LogP contribution in [-0.2, 0) is 5.75 Å². The summed E-state index contributed by atoms with van der Waals surface area (Å²) in [5.74, 6) is 2.28. The van der Waals surface area contributed by atoms with Crippen molar-refractivity contribution in [3.63, 3.8) is 0 Å². The summed E-state index contributed by atoms with van der Waals surface area (Å²) >= 11 is 5.53. The second kappa shape index (κ2) is 6.49. The van der Waals surface area contributed by atoms with Crippen molar-refractivity contribution in [1.29, 1.82) is 0 Å². The summed E-state index contributed by atoms with van der Waals surface area (Å²) in [5.41, 5.74) is 1.39. The van der Waals surface area contributed by atoms with E-state index in [4.69, 9.17) is 0 Å². The van der Waals surface area contributed by atoms with Crippen LogP contribution in [0.4, 0.5) is 0 Å². The van der Waals surface area contributed by atoms with Gasteiger partial charge in [-0.15, -0.1) is 0 Å². The molecule has 0 aromatic heterocycles. The monoisotopic (exact) mass is 273 g/mol. The highest BCUT2D eigenvalue weighted by molar-refractivity contribution is 9.10. The quantitative estimate of drug-likeness (QED) is 0.758. The predicted molar refractivity (Wildman–Crippen MR) is 68.9 cm³/mol. The minimum absolute atomic E-state index is 1.09. The summed E-state index contributed by atoms with van der Waals surface area (Å²) in [6.07, 6.45) is 0. The maximum absolute atomic E-state index is 3.55. The van der Waals surface area contributed by atoms with Crippen molar-refractivity contribution in [3.05, 3.63) is 34.3 Å². The highest BCUT2D eigenvalue weighted by atomic mass is 79.9. The first kappa shape index (κ1) is 12.1. The van der Waals surface area contributed by atoms with E-state index < -0.39 is 0 Å². The van der Waals surface area contributed by atoms with Gasteiger partial charge in [0.25, 0.3) is 0 Å². The first-order valence-electron chi connectivity index (χ1n) is 4.66. The molecule has 1 aromatic carbocycles. The summed E-state index contributed by atoms with van der Waals surface area (Å²) in [6, 6.07) is 8.42. The number of rotatable bonds is 5. The van der Waals surface area contributed by atoms with Gasteiger partial charge in [0.05, 0.1) is 0 Å². The summed E-state index contributed by atoms with van der Waals surface area (Å²) in [7, 11) is 4.22. The average Bonchev–Trinajstić information content (AvgIpc) is 2.15. The Morgan fingerprint density at radius 2 is 2.00 bits per heavy atom. The van der Waals surface area contributed by atoms with Gasteiger partial charge in [0, 0.05) is 22.5 Å². The van der Waals surface area contributed by atoms with Gasteiger partial charge in [0.2, 0.25) is 0 Å². The maximum Gasteiger partial charge on any atom is 0.0215 e. The SMILES string of the molecule is CN(C)CCSCc1ccccc1Br. The van der Waals surface area contributed by atoms with E-state index in [1.54, 1.807) is 0 Å². The smallest absolute Gasteiger partial charge is 0.0215 e. The Morgan fingerprint density at radius 1 is 1.29 bits per heavy atom. The predicted octanol–water partition coefficient (Wildman–Crippen LogP) is 3.24. The number of hydrogen-bond acceptors (Lipinski definition) is 2. The van der Waals surface area contributed by atoms with Crippen LogP contribution in [0.3, 0.4) is 0 Å². The minimum Gasteiger partial charge on any atom is -0.309 e. The lowest BCUT2D eigenvalue weighted by Crippen LogP contribution is -2.14. The molecule has 0 aliphatic carbocycles. The van der Waals surface area contributed by atoms with Crippen LogP contribution in [0.25, 0.3) is 0 Å². The molecule has 0 saturated carbocycles. The Balaban J connectivity index is 2.28. The zero-order chi connectivity index (χ0) is 10.4. The third-order valence-corrected chi connectivity index (χ3v) is 3.66. The fourth-order valence-corrected chi connectivity index (χ4v) is 2.77. The van der Waals surface area contributed by atoms with Crippen LogP contribution in [0.2, 0.25) is 0 Å². The Bertz CT molecular complexity index is 276. The fraction of sp³-hybridized carbons (Fsp3) is 0.455. The molecule has 1 nitrogen and oxygen atoms in total. The van der Waals surface area contributed by atoms with E-state index in [9.17, 15) is 0 Å². The van der Waals surface area contributed by atoms with Gasteiger partial charge in [-0.1, -0.05) is 34.1 Å². The molecule has 1 aromatic rings. The van der Waals surface area contributed by atoms with E-state index >= 15 is 0 Å². The molecule has 0 aliphatic heterocycles. The molecule has 0 spiro atoms. The number of halogens is 1. The van der Waals surface area contributed by atoms with E-state index in [1.165, 1.54) is 15.8 Å². The zero-order valence-corrected chi connectivity index (χ0v) is 11.1. The van der Waals surface area contributed by atoms with E-state index in [0.717, 1.165) is 12.3 Å². The van der Waals surface area contributed by atoms with Gasteiger partial charge >= 0.3 is 0 Å². The molecule has 0 fully saturated rings. The molecule has 0 heterocycles. The molecular weight excluding hydrogens is 258 g/mol. The second-order valence-electron chi connectivity index (χ2n) is 3.45. The molecule has 0 amide bonds. The van der Waals surface area contributed by atoms with Crippen molar-refractivity contribution in [3.8, 4) is 0 Å². The lowest BCUT2D eigenvalue weighted by Gasteiger charge is -2.09. The van der Waals surface area contributed by atoms with Crippen LogP contribution in [0, 0.1) is 0 Å². The molecule has 0 aliphatic rings. The summed E-state index contributed by atoms with van der Waals surface area (Å²) < 4.78 is 1.22. The molecule has 1 rings (SSSR count).